The van der Waals surface area contributed by atoms with E-state index in [0.29, 0.717) is 32.1 Å². The van der Waals surface area contributed by atoms with Crippen LogP contribution in [0.15, 0.2) is 259 Å². The maximum atomic E-state index is 14.1. The summed E-state index contributed by atoms with van der Waals surface area (Å²) < 4.78 is 31.0. The molecule has 82 heavy (non-hydrogen) atoms. The number of hydrogen-bond acceptors (Lipinski definition) is 10. The summed E-state index contributed by atoms with van der Waals surface area (Å²) in [5, 5.41) is 51.7. The molecular formula is C64H48BBrF2N8O6. The number of nitrogen functional groups attached to an aromatic ring is 2. The molecule has 0 aliphatic heterocycles. The summed E-state index contributed by atoms with van der Waals surface area (Å²) in [7, 11) is -1.60. The van der Waals surface area contributed by atoms with Crippen LogP contribution in [-0.4, -0.2) is 46.6 Å². The largest absolute Gasteiger partial charge is 0.488 e. The van der Waals surface area contributed by atoms with Gasteiger partial charge in [0.05, 0.1) is 32.3 Å². The Balaban J connectivity index is 0.000000157. The third-order valence-electron chi connectivity index (χ3n) is 14.1. The van der Waals surface area contributed by atoms with E-state index in [9.17, 15) is 29.0 Å². The summed E-state index contributed by atoms with van der Waals surface area (Å²) in [4.78, 5) is 22.3. The Morgan fingerprint density at radius 2 is 0.793 bits per heavy atom. The van der Waals surface area contributed by atoms with Gasteiger partial charge in [0.2, 0.25) is 0 Å². The molecule has 0 aliphatic rings. The first kappa shape index (κ1) is 55.2. The van der Waals surface area contributed by atoms with Gasteiger partial charge in [-0.2, -0.15) is 10.2 Å². The molecule has 0 saturated heterocycles. The quantitative estimate of drug-likeness (QED) is 0.0298. The zero-order valence-electron chi connectivity index (χ0n) is 43.3. The predicted octanol–water partition coefficient (Wildman–Crippen LogP) is 12.8. The molecule has 14 nitrogen and oxygen atoms in total. The van der Waals surface area contributed by atoms with Crippen molar-refractivity contribution in [3.63, 3.8) is 0 Å². The van der Waals surface area contributed by atoms with E-state index in [2.05, 4.69) is 88.7 Å². The first-order chi connectivity index (χ1) is 39.7. The summed E-state index contributed by atoms with van der Waals surface area (Å²) in [6.45, 7) is 0. The minimum absolute atomic E-state index is 0.0268. The number of anilines is 2. The molecule has 10 aromatic carbocycles. The number of nitrogens with zero attached hydrogens (tertiary/aromatic N) is 6. The SMILES string of the molecule is Nc1cc(-c2nn(C(c3ccccc3)(c3ccccc3)c3ccccc3)c3ccc([N+](=O)[O-])cc23)ccc1F.Nc1cc(B(O)O)ccc1F.O=[N+]([O-])c1ccc2c(c1)c(Br)nn2C(c1ccccc1)(c1ccccc1)c1ccccc1. The Morgan fingerprint density at radius 1 is 0.451 bits per heavy atom. The second-order valence-corrected chi connectivity index (χ2v) is 19.6. The van der Waals surface area contributed by atoms with Crippen molar-refractivity contribution in [1.29, 1.82) is 0 Å². The highest BCUT2D eigenvalue weighted by Crippen LogP contribution is 2.46. The lowest BCUT2D eigenvalue weighted by Gasteiger charge is -2.37. The van der Waals surface area contributed by atoms with E-state index in [1.165, 1.54) is 42.5 Å². The Morgan fingerprint density at radius 3 is 1.15 bits per heavy atom. The number of rotatable bonds is 12. The number of nitro groups is 2. The van der Waals surface area contributed by atoms with E-state index in [0.717, 1.165) is 45.0 Å². The van der Waals surface area contributed by atoms with E-state index >= 15 is 0 Å². The number of fused-ring (bicyclic) bond motifs is 2. The maximum Gasteiger partial charge on any atom is 0.488 e. The van der Waals surface area contributed by atoms with Crippen LogP contribution in [0.25, 0.3) is 33.1 Å². The molecule has 0 fully saturated rings. The molecule has 6 N–H and O–H groups in total. The lowest BCUT2D eigenvalue weighted by molar-refractivity contribution is -0.384. The third-order valence-corrected chi connectivity index (χ3v) is 14.7. The highest BCUT2D eigenvalue weighted by atomic mass is 79.9. The normalized spacial score (nSPS) is 11.3. The molecular weight excluding hydrogens is 1110 g/mol. The van der Waals surface area contributed by atoms with Gasteiger partial charge >= 0.3 is 7.12 Å². The van der Waals surface area contributed by atoms with E-state index < -0.39 is 34.8 Å². The van der Waals surface area contributed by atoms with Gasteiger partial charge in [-0.05, 0) is 97.2 Å². The number of benzene rings is 10. The highest BCUT2D eigenvalue weighted by Gasteiger charge is 2.43. The lowest BCUT2D eigenvalue weighted by Crippen LogP contribution is -2.38. The van der Waals surface area contributed by atoms with Crippen molar-refractivity contribution in [1.82, 2.24) is 19.6 Å². The van der Waals surface area contributed by atoms with E-state index in [1.807, 2.05) is 119 Å². The van der Waals surface area contributed by atoms with Crippen LogP contribution < -0.4 is 16.9 Å². The van der Waals surface area contributed by atoms with Crippen LogP contribution in [0.4, 0.5) is 31.5 Å². The predicted molar refractivity (Wildman–Crippen MR) is 320 cm³/mol. The van der Waals surface area contributed by atoms with Crippen molar-refractivity contribution >= 4 is 73.1 Å². The van der Waals surface area contributed by atoms with Gasteiger partial charge in [-0.15, -0.1) is 0 Å². The Kier molecular flexibility index (Phi) is 15.9. The second kappa shape index (κ2) is 23.7. The molecule has 0 spiro atoms. The Hall–Kier alpha value is -10.1. The average molecular weight is 1150 g/mol. The molecule has 2 aromatic heterocycles. The first-order valence-electron chi connectivity index (χ1n) is 25.5. The number of halogens is 3. The van der Waals surface area contributed by atoms with Gasteiger partial charge in [0, 0.05) is 40.6 Å². The monoisotopic (exact) mass is 1150 g/mol. The van der Waals surface area contributed by atoms with Crippen molar-refractivity contribution in [3.8, 4) is 11.3 Å². The number of non-ortho nitro benzene ring substituents is 2. The van der Waals surface area contributed by atoms with Gasteiger partial charge in [0.1, 0.15) is 33.0 Å². The van der Waals surface area contributed by atoms with Gasteiger partial charge in [-0.25, -0.2) is 18.1 Å². The van der Waals surface area contributed by atoms with Crippen molar-refractivity contribution < 1.29 is 28.7 Å². The number of aromatic nitrogens is 4. The van der Waals surface area contributed by atoms with Crippen LogP contribution in [-0.2, 0) is 11.1 Å². The van der Waals surface area contributed by atoms with Gasteiger partial charge < -0.3 is 21.5 Å². The van der Waals surface area contributed by atoms with Crippen LogP contribution >= 0.6 is 15.9 Å². The molecule has 0 saturated carbocycles. The Labute approximate surface area is 477 Å². The van der Waals surface area contributed by atoms with Crippen molar-refractivity contribution in [3.05, 3.63) is 325 Å². The molecule has 0 amide bonds. The lowest BCUT2D eigenvalue weighted by atomic mass is 9.77. The van der Waals surface area contributed by atoms with E-state index in [-0.39, 0.29) is 33.1 Å². The maximum absolute atomic E-state index is 14.1. The van der Waals surface area contributed by atoms with Gasteiger partial charge in [0.25, 0.3) is 11.4 Å². The fourth-order valence-corrected chi connectivity index (χ4v) is 10.8. The molecule has 12 rings (SSSR count). The molecule has 0 bridgehead atoms. The summed E-state index contributed by atoms with van der Waals surface area (Å²) >= 11 is 3.56. The molecule has 404 valence electrons. The minimum Gasteiger partial charge on any atom is -0.423 e. The van der Waals surface area contributed by atoms with Crippen molar-refractivity contribution in [2.45, 2.75) is 11.1 Å². The first-order valence-corrected chi connectivity index (χ1v) is 26.3. The highest BCUT2D eigenvalue weighted by molar-refractivity contribution is 9.10. The molecule has 0 atom stereocenters. The summed E-state index contributed by atoms with van der Waals surface area (Å²) in [6, 6.07) is 78.2. The van der Waals surface area contributed by atoms with Crippen LogP contribution in [0.5, 0.6) is 0 Å². The Bertz CT molecular complexity index is 4030. The topological polar surface area (TPSA) is 214 Å². The second-order valence-electron chi connectivity index (χ2n) is 18.9. The van der Waals surface area contributed by atoms with E-state index in [4.69, 9.17) is 31.7 Å². The molecule has 0 radical (unpaired) electrons. The standard InChI is InChI=1S/C32H23FN4O2.C26H18BrN3O2.C6H7BFNO2/c33-28-18-16-22(20-29(28)34)31-27-21-26(37(38)39)17-19-30(27)36(35-31)32(23-10-4-1-5-11-23,24-12-6-2-7-13-24)25-14-8-3-9-15-25;27-25-23-18-22(30(31)32)16-17-24(23)29(28-25)26(19-10-4-1-5-11-19,20-12-6-2-7-13-20)21-14-8-3-9-15-21;8-5-2-1-4(7(10)11)3-6(5)9/h1-21H,34H2;1-18H;1-3,10-11H,9H2. The molecule has 12 aromatic rings. The van der Waals surface area contributed by atoms with Crippen molar-refractivity contribution in [2.75, 3.05) is 11.5 Å². The molecule has 0 unspecified atom stereocenters. The zero-order valence-corrected chi connectivity index (χ0v) is 44.9. The van der Waals surface area contributed by atoms with Gasteiger partial charge in [-0.1, -0.05) is 188 Å². The van der Waals surface area contributed by atoms with Crippen LogP contribution in [0.3, 0.4) is 0 Å². The summed E-state index contributed by atoms with van der Waals surface area (Å²) in [6.07, 6.45) is 0. The van der Waals surface area contributed by atoms with Crippen LogP contribution in [0.1, 0.15) is 33.4 Å². The van der Waals surface area contributed by atoms with Crippen LogP contribution in [0, 0.1) is 31.9 Å². The fourth-order valence-electron chi connectivity index (χ4n) is 10.4. The van der Waals surface area contributed by atoms with Gasteiger partial charge in [-0.3, -0.25) is 20.2 Å². The smallest absolute Gasteiger partial charge is 0.423 e. The minimum atomic E-state index is -1.60. The van der Waals surface area contributed by atoms with E-state index in [1.54, 1.807) is 24.3 Å². The number of hydrogen-bond donors (Lipinski definition) is 4. The number of nitro benzene ring substituents is 2. The fraction of sp³-hybridized carbons (Fsp3) is 0.0312. The molecule has 18 heteroatoms. The summed E-state index contributed by atoms with van der Waals surface area (Å²) in [5.74, 6) is -1.10. The number of nitrogens with two attached hydrogens (primary N) is 2. The van der Waals surface area contributed by atoms with Crippen LogP contribution in [0.2, 0.25) is 0 Å². The molecule has 0 aliphatic carbocycles. The van der Waals surface area contributed by atoms with Gasteiger partial charge in [0.15, 0.2) is 0 Å². The van der Waals surface area contributed by atoms with Crippen molar-refractivity contribution in [2.24, 2.45) is 0 Å². The average Bonchev–Trinajstić information content (AvgIpc) is 2.09. The summed E-state index contributed by atoms with van der Waals surface area (Å²) in [5.41, 5.74) is 17.8. The molecule has 2 heterocycles. The third kappa shape index (κ3) is 10.5. The zero-order chi connectivity index (χ0) is 57.5.